The van der Waals surface area contributed by atoms with Gasteiger partial charge in [0.1, 0.15) is 0 Å². The molecule has 3 atom stereocenters. The summed E-state index contributed by atoms with van der Waals surface area (Å²) in [5.74, 6) is 3.42. The van der Waals surface area contributed by atoms with Crippen molar-refractivity contribution >= 4 is 11.8 Å². The third kappa shape index (κ3) is 3.03. The molecule has 1 N–H and O–H groups in total. The van der Waals surface area contributed by atoms with Gasteiger partial charge in [-0.3, -0.25) is 0 Å². The fourth-order valence-corrected chi connectivity index (χ4v) is 5.58. The molecular formula is C16H28N2OS. The van der Waals surface area contributed by atoms with Crippen LogP contribution in [0.25, 0.3) is 0 Å². The quantitative estimate of drug-likeness (QED) is 0.859. The Morgan fingerprint density at radius 2 is 2.20 bits per heavy atom. The fraction of sp³-hybridized carbons (Fsp3) is 1.00. The van der Waals surface area contributed by atoms with Crippen LogP contribution in [0.2, 0.25) is 0 Å². The van der Waals surface area contributed by atoms with Gasteiger partial charge < -0.3 is 15.0 Å². The summed E-state index contributed by atoms with van der Waals surface area (Å²) >= 11 is 2.08. The van der Waals surface area contributed by atoms with Gasteiger partial charge in [-0.2, -0.15) is 11.8 Å². The first-order chi connectivity index (χ1) is 9.83. The molecular weight excluding hydrogens is 268 g/mol. The van der Waals surface area contributed by atoms with E-state index in [-0.39, 0.29) is 5.60 Å². The minimum Gasteiger partial charge on any atom is -0.374 e. The van der Waals surface area contributed by atoms with E-state index in [1.165, 1.54) is 69.7 Å². The summed E-state index contributed by atoms with van der Waals surface area (Å²) < 4.78 is 6.12. The van der Waals surface area contributed by atoms with Crippen LogP contribution in [0.1, 0.15) is 38.5 Å². The van der Waals surface area contributed by atoms with Crippen molar-refractivity contribution in [3.8, 4) is 0 Å². The lowest BCUT2D eigenvalue weighted by Gasteiger charge is -2.38. The molecule has 114 valence electrons. The summed E-state index contributed by atoms with van der Waals surface area (Å²) in [5.41, 5.74) is 0.232. The van der Waals surface area contributed by atoms with E-state index >= 15 is 0 Å². The van der Waals surface area contributed by atoms with E-state index in [9.17, 15) is 0 Å². The minimum atomic E-state index is 0.232. The Labute approximate surface area is 127 Å². The van der Waals surface area contributed by atoms with E-state index in [0.717, 1.165) is 18.6 Å². The van der Waals surface area contributed by atoms with Gasteiger partial charge in [-0.15, -0.1) is 0 Å². The summed E-state index contributed by atoms with van der Waals surface area (Å²) in [6, 6.07) is 1.67. The van der Waals surface area contributed by atoms with Crippen molar-refractivity contribution in [2.75, 3.05) is 37.7 Å². The van der Waals surface area contributed by atoms with E-state index in [2.05, 4.69) is 22.0 Å². The molecule has 4 aliphatic rings. The molecule has 1 saturated carbocycles. The number of hydrogen-bond donors (Lipinski definition) is 1. The first kappa shape index (κ1) is 13.9. The molecule has 0 radical (unpaired) electrons. The second-order valence-corrected chi connectivity index (χ2v) is 8.42. The molecule has 1 spiro atoms. The molecule has 0 bridgehead atoms. The van der Waals surface area contributed by atoms with Crippen LogP contribution in [0.5, 0.6) is 0 Å². The summed E-state index contributed by atoms with van der Waals surface area (Å²) in [4.78, 5) is 2.73. The molecule has 4 rings (SSSR count). The molecule has 0 aromatic heterocycles. The van der Waals surface area contributed by atoms with Crippen LogP contribution >= 0.6 is 11.8 Å². The minimum absolute atomic E-state index is 0.232. The van der Waals surface area contributed by atoms with Crippen LogP contribution in [0.4, 0.5) is 0 Å². The van der Waals surface area contributed by atoms with Crippen molar-refractivity contribution < 1.29 is 4.74 Å². The molecule has 3 nitrogen and oxygen atoms in total. The molecule has 20 heavy (non-hydrogen) atoms. The lowest BCUT2D eigenvalue weighted by Crippen LogP contribution is -2.48. The van der Waals surface area contributed by atoms with Crippen LogP contribution in [0.3, 0.4) is 0 Å². The molecule has 1 aliphatic carbocycles. The summed E-state index contributed by atoms with van der Waals surface area (Å²) in [6.07, 6.45) is 8.06. The average molecular weight is 296 g/mol. The van der Waals surface area contributed by atoms with Crippen molar-refractivity contribution in [2.24, 2.45) is 5.92 Å². The monoisotopic (exact) mass is 296 g/mol. The van der Waals surface area contributed by atoms with E-state index in [1.54, 1.807) is 0 Å². The Hall–Kier alpha value is 0.230. The lowest BCUT2D eigenvalue weighted by molar-refractivity contribution is -0.0703. The maximum absolute atomic E-state index is 6.12. The molecule has 3 saturated heterocycles. The highest BCUT2D eigenvalue weighted by Gasteiger charge is 2.40. The predicted octanol–water partition coefficient (Wildman–Crippen LogP) is 2.11. The van der Waals surface area contributed by atoms with E-state index < -0.39 is 0 Å². The maximum atomic E-state index is 6.12. The SMILES string of the molecule is C1CC(NCC2CCN(C3CC3)C2)CC2(CCSC2)O1. The number of likely N-dealkylation sites (tertiary alicyclic amines) is 1. The fourth-order valence-electron chi connectivity index (χ4n) is 4.20. The molecule has 0 aromatic carbocycles. The Bertz CT molecular complexity index is 341. The van der Waals surface area contributed by atoms with Gasteiger partial charge in [-0.1, -0.05) is 0 Å². The second-order valence-electron chi connectivity index (χ2n) is 7.31. The molecule has 4 heteroatoms. The highest BCUT2D eigenvalue weighted by Crippen LogP contribution is 2.38. The van der Waals surface area contributed by atoms with E-state index in [4.69, 9.17) is 4.74 Å². The lowest BCUT2D eigenvalue weighted by atomic mass is 9.89. The summed E-state index contributed by atoms with van der Waals surface area (Å²) in [5, 5.41) is 3.88. The number of nitrogens with zero attached hydrogens (tertiary/aromatic N) is 1. The van der Waals surface area contributed by atoms with Crippen LogP contribution in [0, 0.1) is 5.92 Å². The first-order valence-corrected chi connectivity index (χ1v) is 9.68. The molecule has 4 fully saturated rings. The Balaban J connectivity index is 1.23. The van der Waals surface area contributed by atoms with Crippen LogP contribution < -0.4 is 5.32 Å². The number of rotatable bonds is 4. The highest BCUT2D eigenvalue weighted by molar-refractivity contribution is 7.99. The first-order valence-electron chi connectivity index (χ1n) is 8.52. The standard InChI is InChI=1S/C16H28N2OS/c1-2-15(1)18-6-3-13(11-18)10-17-14-4-7-19-16(9-14)5-8-20-12-16/h13-15,17H,1-12H2. The topological polar surface area (TPSA) is 24.5 Å². The van der Waals surface area contributed by atoms with Gasteiger partial charge in [-0.05, 0) is 63.3 Å². The molecule has 3 unspecified atom stereocenters. The van der Waals surface area contributed by atoms with Gasteiger partial charge in [0, 0.05) is 31.0 Å². The van der Waals surface area contributed by atoms with Crippen molar-refractivity contribution in [1.29, 1.82) is 0 Å². The van der Waals surface area contributed by atoms with Gasteiger partial charge in [0.25, 0.3) is 0 Å². The molecule has 3 aliphatic heterocycles. The predicted molar refractivity (Wildman–Crippen MR) is 84.4 cm³/mol. The van der Waals surface area contributed by atoms with Crippen molar-refractivity contribution in [3.63, 3.8) is 0 Å². The van der Waals surface area contributed by atoms with Crippen LogP contribution in [0.15, 0.2) is 0 Å². The highest BCUT2D eigenvalue weighted by atomic mass is 32.2. The number of hydrogen-bond acceptors (Lipinski definition) is 4. The zero-order chi connectivity index (χ0) is 13.4. The third-order valence-corrected chi connectivity index (χ3v) is 6.86. The Morgan fingerprint density at radius 1 is 1.25 bits per heavy atom. The zero-order valence-corrected chi connectivity index (χ0v) is 13.3. The third-order valence-electron chi connectivity index (χ3n) is 5.64. The Kier molecular flexibility index (Phi) is 4.01. The van der Waals surface area contributed by atoms with Crippen LogP contribution in [-0.2, 0) is 4.74 Å². The number of ether oxygens (including phenoxy) is 1. The van der Waals surface area contributed by atoms with Crippen LogP contribution in [-0.4, -0.2) is 60.3 Å². The number of thioether (sulfide) groups is 1. The summed E-state index contributed by atoms with van der Waals surface area (Å²) in [7, 11) is 0. The van der Waals surface area contributed by atoms with Crippen molar-refractivity contribution in [1.82, 2.24) is 10.2 Å². The smallest absolute Gasteiger partial charge is 0.0795 e. The van der Waals surface area contributed by atoms with E-state index in [1.807, 2.05) is 0 Å². The largest absolute Gasteiger partial charge is 0.374 e. The maximum Gasteiger partial charge on any atom is 0.0795 e. The summed E-state index contributed by atoms with van der Waals surface area (Å²) in [6.45, 7) is 4.90. The zero-order valence-electron chi connectivity index (χ0n) is 12.5. The van der Waals surface area contributed by atoms with Gasteiger partial charge >= 0.3 is 0 Å². The molecule has 0 aromatic rings. The average Bonchev–Trinajstić information content (AvgIpc) is 3.05. The molecule has 0 amide bonds. The second kappa shape index (κ2) is 5.79. The van der Waals surface area contributed by atoms with Gasteiger partial charge in [0.2, 0.25) is 0 Å². The molecule has 3 heterocycles. The van der Waals surface area contributed by atoms with Gasteiger partial charge in [0.15, 0.2) is 0 Å². The van der Waals surface area contributed by atoms with Gasteiger partial charge in [0.05, 0.1) is 5.60 Å². The number of nitrogens with one attached hydrogen (secondary N) is 1. The van der Waals surface area contributed by atoms with Crippen molar-refractivity contribution in [3.05, 3.63) is 0 Å². The van der Waals surface area contributed by atoms with E-state index in [0.29, 0.717) is 6.04 Å². The Morgan fingerprint density at radius 3 is 3.00 bits per heavy atom. The normalized spacial score (nSPS) is 42.6. The van der Waals surface area contributed by atoms with Crippen molar-refractivity contribution in [2.45, 2.75) is 56.2 Å². The van der Waals surface area contributed by atoms with Gasteiger partial charge in [-0.25, -0.2) is 0 Å².